The first-order valence-electron chi connectivity index (χ1n) is 3.89. The van der Waals surface area contributed by atoms with Crippen LogP contribution in [0.2, 0.25) is 0 Å². The number of aliphatic hydroxyl groups excluding tert-OH is 1. The summed E-state index contributed by atoms with van der Waals surface area (Å²) in [6.07, 6.45) is 0.764. The predicted molar refractivity (Wildman–Crippen MR) is 48.3 cm³/mol. The van der Waals surface area contributed by atoms with Gasteiger partial charge in [0.1, 0.15) is 6.10 Å². The summed E-state index contributed by atoms with van der Waals surface area (Å²) >= 11 is 0. The van der Waals surface area contributed by atoms with Crippen molar-refractivity contribution in [2.24, 2.45) is 5.41 Å². The Bertz CT molecular complexity index is 248. The van der Waals surface area contributed by atoms with E-state index >= 15 is 0 Å². The van der Waals surface area contributed by atoms with Crippen molar-refractivity contribution < 1.29 is 5.11 Å². The van der Waals surface area contributed by atoms with Crippen LogP contribution in [-0.2, 0) is 0 Å². The smallest absolute Gasteiger partial charge is 0.149 e. The van der Waals surface area contributed by atoms with Gasteiger partial charge >= 0.3 is 0 Å². The van der Waals surface area contributed by atoms with Crippen LogP contribution in [0.25, 0.3) is 0 Å². The fourth-order valence-electron chi connectivity index (χ4n) is 0.576. The molecular formula is C10H15NO. The zero-order chi connectivity index (χ0) is 9.78. The van der Waals surface area contributed by atoms with E-state index in [1.807, 2.05) is 13.8 Å². The largest absolute Gasteiger partial charge is 0.377 e. The summed E-state index contributed by atoms with van der Waals surface area (Å²) in [4.78, 5) is 0. The lowest BCUT2D eigenvalue weighted by Gasteiger charge is -2.19. The van der Waals surface area contributed by atoms with Crippen LogP contribution in [0.4, 0.5) is 0 Å². The van der Waals surface area contributed by atoms with Gasteiger partial charge in [0, 0.05) is 5.41 Å². The monoisotopic (exact) mass is 165 g/mol. The number of rotatable bonds is 2. The van der Waals surface area contributed by atoms with Crippen LogP contribution in [-0.4, -0.2) is 11.2 Å². The second kappa shape index (κ2) is 4.11. The molecule has 0 amide bonds. The SMILES string of the molecule is CC(C)=C=CC(C)(C)C(O)C#N. The minimum Gasteiger partial charge on any atom is -0.377 e. The lowest BCUT2D eigenvalue weighted by atomic mass is 9.87. The Morgan fingerprint density at radius 2 is 2.00 bits per heavy atom. The Balaban J connectivity index is 4.67. The van der Waals surface area contributed by atoms with Crippen LogP contribution in [0.1, 0.15) is 27.7 Å². The molecule has 0 bridgehead atoms. The maximum Gasteiger partial charge on any atom is 0.149 e. The van der Waals surface area contributed by atoms with Crippen molar-refractivity contribution in [1.29, 1.82) is 5.26 Å². The van der Waals surface area contributed by atoms with Crippen LogP contribution in [0, 0.1) is 16.7 Å². The molecule has 0 aliphatic heterocycles. The van der Waals surface area contributed by atoms with Gasteiger partial charge in [0.25, 0.3) is 0 Å². The summed E-state index contributed by atoms with van der Waals surface area (Å²) in [7, 11) is 0. The molecule has 0 aromatic carbocycles. The summed E-state index contributed by atoms with van der Waals surface area (Å²) in [6.45, 7) is 7.45. The Hall–Kier alpha value is -1.03. The van der Waals surface area contributed by atoms with E-state index in [-0.39, 0.29) is 0 Å². The molecule has 0 fully saturated rings. The van der Waals surface area contributed by atoms with Gasteiger partial charge in [-0.15, -0.1) is 5.73 Å². The fraction of sp³-hybridized carbons (Fsp3) is 0.600. The van der Waals surface area contributed by atoms with E-state index < -0.39 is 11.5 Å². The summed E-state index contributed by atoms with van der Waals surface area (Å²) < 4.78 is 0. The highest BCUT2D eigenvalue weighted by Gasteiger charge is 2.24. The molecule has 0 saturated heterocycles. The third-order valence-electron chi connectivity index (χ3n) is 1.56. The summed E-state index contributed by atoms with van der Waals surface area (Å²) in [5.41, 5.74) is 3.50. The first-order valence-corrected chi connectivity index (χ1v) is 3.89. The van der Waals surface area contributed by atoms with Gasteiger partial charge in [-0.2, -0.15) is 5.26 Å². The minimum atomic E-state index is -0.968. The maximum absolute atomic E-state index is 9.26. The van der Waals surface area contributed by atoms with Crippen LogP contribution in [0.3, 0.4) is 0 Å². The lowest BCUT2D eigenvalue weighted by molar-refractivity contribution is 0.133. The molecule has 1 N–H and O–H groups in total. The number of hydrogen-bond donors (Lipinski definition) is 1. The molecule has 2 nitrogen and oxygen atoms in total. The van der Waals surface area contributed by atoms with Crippen molar-refractivity contribution in [2.75, 3.05) is 0 Å². The first kappa shape index (κ1) is 11.0. The van der Waals surface area contributed by atoms with Crippen LogP contribution in [0.5, 0.6) is 0 Å². The molecule has 0 radical (unpaired) electrons. The molecule has 0 aliphatic rings. The molecule has 1 unspecified atom stereocenters. The van der Waals surface area contributed by atoms with Gasteiger partial charge in [-0.25, -0.2) is 0 Å². The molecule has 0 heterocycles. The minimum absolute atomic E-state index is 0.522. The molecule has 0 aromatic rings. The molecule has 0 saturated carbocycles. The number of nitrogens with zero attached hydrogens (tertiary/aromatic N) is 1. The Morgan fingerprint density at radius 1 is 1.50 bits per heavy atom. The predicted octanol–water partition coefficient (Wildman–Crippen LogP) is 2.02. The van der Waals surface area contributed by atoms with Crippen LogP contribution < -0.4 is 0 Å². The zero-order valence-corrected chi connectivity index (χ0v) is 8.05. The number of aliphatic hydroxyl groups is 1. The Labute approximate surface area is 73.8 Å². The molecular weight excluding hydrogens is 150 g/mol. The molecule has 1 atom stereocenters. The molecule has 12 heavy (non-hydrogen) atoms. The molecule has 0 aromatic heterocycles. The van der Waals surface area contributed by atoms with E-state index in [1.165, 1.54) is 0 Å². The second-order valence-electron chi connectivity index (χ2n) is 3.64. The van der Waals surface area contributed by atoms with Crippen LogP contribution in [0.15, 0.2) is 17.4 Å². The van der Waals surface area contributed by atoms with Gasteiger partial charge in [-0.3, -0.25) is 0 Å². The van der Waals surface area contributed by atoms with Gasteiger partial charge in [0.05, 0.1) is 6.07 Å². The van der Waals surface area contributed by atoms with E-state index in [4.69, 9.17) is 5.26 Å². The van der Waals surface area contributed by atoms with E-state index in [9.17, 15) is 5.11 Å². The Morgan fingerprint density at radius 3 is 2.33 bits per heavy atom. The van der Waals surface area contributed by atoms with Crippen molar-refractivity contribution >= 4 is 0 Å². The average molecular weight is 165 g/mol. The van der Waals surface area contributed by atoms with Gasteiger partial charge in [-0.05, 0) is 25.5 Å². The fourth-order valence-corrected chi connectivity index (χ4v) is 0.576. The lowest BCUT2D eigenvalue weighted by Crippen LogP contribution is -2.25. The Kier molecular flexibility index (Phi) is 3.76. The van der Waals surface area contributed by atoms with E-state index in [0.29, 0.717) is 0 Å². The van der Waals surface area contributed by atoms with Gasteiger partial charge in [0.2, 0.25) is 0 Å². The second-order valence-corrected chi connectivity index (χ2v) is 3.64. The van der Waals surface area contributed by atoms with Crippen molar-refractivity contribution in [3.63, 3.8) is 0 Å². The zero-order valence-electron chi connectivity index (χ0n) is 8.05. The van der Waals surface area contributed by atoms with E-state index in [0.717, 1.165) is 5.57 Å². The van der Waals surface area contributed by atoms with E-state index in [1.54, 1.807) is 26.0 Å². The highest BCUT2D eigenvalue weighted by Crippen LogP contribution is 2.21. The summed E-state index contributed by atoms with van der Waals surface area (Å²) in [5.74, 6) is 0. The highest BCUT2D eigenvalue weighted by atomic mass is 16.3. The maximum atomic E-state index is 9.26. The molecule has 2 heteroatoms. The third kappa shape index (κ3) is 3.39. The summed E-state index contributed by atoms with van der Waals surface area (Å²) in [5, 5.41) is 17.7. The summed E-state index contributed by atoms with van der Waals surface area (Å²) in [6, 6.07) is 1.80. The molecule has 0 aliphatic carbocycles. The van der Waals surface area contributed by atoms with Crippen molar-refractivity contribution in [3.05, 3.63) is 17.4 Å². The van der Waals surface area contributed by atoms with E-state index in [2.05, 4.69) is 5.73 Å². The van der Waals surface area contributed by atoms with Crippen LogP contribution >= 0.6 is 0 Å². The van der Waals surface area contributed by atoms with Crippen molar-refractivity contribution in [2.45, 2.75) is 33.8 Å². The van der Waals surface area contributed by atoms with Gasteiger partial charge in [0.15, 0.2) is 0 Å². The number of hydrogen-bond acceptors (Lipinski definition) is 2. The van der Waals surface area contributed by atoms with Gasteiger partial charge in [-0.1, -0.05) is 13.8 Å². The van der Waals surface area contributed by atoms with Gasteiger partial charge < -0.3 is 5.11 Å². The average Bonchev–Trinajstić information content (AvgIpc) is 1.99. The number of nitriles is 1. The normalized spacial score (nSPS) is 12.7. The third-order valence-corrected chi connectivity index (χ3v) is 1.56. The first-order chi connectivity index (χ1) is 5.40. The highest BCUT2D eigenvalue weighted by molar-refractivity contribution is 5.07. The molecule has 0 spiro atoms. The molecule has 0 rings (SSSR count). The van der Waals surface area contributed by atoms with Crippen molar-refractivity contribution in [3.8, 4) is 6.07 Å². The topological polar surface area (TPSA) is 44.0 Å². The van der Waals surface area contributed by atoms with Crippen molar-refractivity contribution in [1.82, 2.24) is 0 Å². The standard InChI is InChI=1S/C10H15NO/c1-8(2)5-6-10(3,4)9(12)7-11/h6,9,12H,1-4H3. The molecule has 66 valence electrons. The quantitative estimate of drug-likeness (QED) is 0.502.